The summed E-state index contributed by atoms with van der Waals surface area (Å²) in [5.41, 5.74) is 5.16. The van der Waals surface area contributed by atoms with E-state index in [2.05, 4.69) is 60.2 Å². The maximum Gasteiger partial charge on any atom is 0.159 e. The number of anilines is 1. The lowest BCUT2D eigenvalue weighted by atomic mass is 10.1. The monoisotopic (exact) mass is 293 g/mol. The van der Waals surface area contributed by atoms with Gasteiger partial charge in [-0.2, -0.15) is 0 Å². The van der Waals surface area contributed by atoms with Crippen LogP contribution in [0.4, 0.5) is 5.69 Å². The number of furan rings is 1. The van der Waals surface area contributed by atoms with Crippen molar-refractivity contribution in [3.05, 3.63) is 48.1 Å². The van der Waals surface area contributed by atoms with Crippen LogP contribution in [0.3, 0.4) is 0 Å². The molecule has 0 fully saturated rings. The van der Waals surface area contributed by atoms with E-state index in [0.717, 1.165) is 33.3 Å². The molecule has 0 spiro atoms. The van der Waals surface area contributed by atoms with E-state index in [-0.39, 0.29) is 6.17 Å². The van der Waals surface area contributed by atoms with Gasteiger partial charge in [-0.25, -0.2) is 0 Å². The molecule has 0 N–H and O–H groups in total. The average Bonchev–Trinajstić information content (AvgIpc) is 3.00. The van der Waals surface area contributed by atoms with E-state index < -0.39 is 0 Å². The molecule has 0 unspecified atom stereocenters. The Kier molecular flexibility index (Phi) is 2.70. The van der Waals surface area contributed by atoms with Crippen molar-refractivity contribution in [3.63, 3.8) is 0 Å². The predicted octanol–water partition coefficient (Wildman–Crippen LogP) is 4.17. The lowest BCUT2D eigenvalue weighted by molar-refractivity contribution is 0.383. The minimum atomic E-state index is 0.275. The van der Waals surface area contributed by atoms with E-state index in [1.807, 2.05) is 19.2 Å². The predicted molar refractivity (Wildman–Crippen MR) is 89.8 cm³/mol. The first-order chi connectivity index (χ1) is 10.6. The van der Waals surface area contributed by atoms with Gasteiger partial charge in [0.1, 0.15) is 11.7 Å². The molecule has 0 saturated heterocycles. The highest BCUT2D eigenvalue weighted by atomic mass is 16.3. The highest BCUT2D eigenvalue weighted by Gasteiger charge is 2.25. The summed E-state index contributed by atoms with van der Waals surface area (Å²) in [6.07, 6.45) is 6.39. The molecule has 0 radical (unpaired) electrons. The molecule has 1 aliphatic rings. The number of benzene rings is 1. The van der Waals surface area contributed by atoms with E-state index in [4.69, 9.17) is 4.42 Å². The van der Waals surface area contributed by atoms with Gasteiger partial charge in [-0.05, 0) is 26.3 Å². The smallest absolute Gasteiger partial charge is 0.159 e. The fraction of sp³-hybridized carbons (Fsp3) is 0.278. The van der Waals surface area contributed by atoms with Gasteiger partial charge in [-0.3, -0.25) is 4.98 Å². The fourth-order valence-electron chi connectivity index (χ4n) is 3.12. The number of pyridine rings is 1. The van der Waals surface area contributed by atoms with Gasteiger partial charge in [0.05, 0.1) is 5.69 Å². The zero-order valence-electron chi connectivity index (χ0n) is 13.3. The molecule has 0 amide bonds. The summed E-state index contributed by atoms with van der Waals surface area (Å²) in [6.45, 7) is 6.30. The number of nitrogens with zero attached hydrogens (tertiary/aromatic N) is 3. The Balaban J connectivity index is 2.03. The second kappa shape index (κ2) is 4.50. The molecule has 1 aliphatic heterocycles. The van der Waals surface area contributed by atoms with E-state index in [0.29, 0.717) is 0 Å². The van der Waals surface area contributed by atoms with Crippen molar-refractivity contribution < 1.29 is 4.42 Å². The Morgan fingerprint density at radius 2 is 1.95 bits per heavy atom. The third-order valence-corrected chi connectivity index (χ3v) is 4.55. The molecule has 0 bridgehead atoms. The first kappa shape index (κ1) is 13.2. The summed E-state index contributed by atoms with van der Waals surface area (Å²) in [5, 5.41) is 2.20. The molecule has 4 heteroatoms. The van der Waals surface area contributed by atoms with Crippen LogP contribution in [-0.2, 0) is 0 Å². The number of fused-ring (bicyclic) bond motifs is 3. The van der Waals surface area contributed by atoms with Crippen LogP contribution in [-0.4, -0.2) is 23.1 Å². The lowest BCUT2D eigenvalue weighted by Gasteiger charge is -2.28. The van der Waals surface area contributed by atoms with Crippen LogP contribution in [0.5, 0.6) is 0 Å². The van der Waals surface area contributed by atoms with Gasteiger partial charge in [0.2, 0.25) is 0 Å². The van der Waals surface area contributed by atoms with Gasteiger partial charge in [-0.15, -0.1) is 0 Å². The number of hydrogen-bond acceptors (Lipinski definition) is 4. The van der Waals surface area contributed by atoms with Crippen LogP contribution in [0, 0.1) is 13.8 Å². The second-order valence-corrected chi connectivity index (χ2v) is 6.03. The largest absolute Gasteiger partial charge is 0.454 e. The van der Waals surface area contributed by atoms with Gasteiger partial charge in [-0.1, -0.05) is 12.1 Å². The third kappa shape index (κ3) is 1.73. The molecule has 22 heavy (non-hydrogen) atoms. The van der Waals surface area contributed by atoms with Crippen molar-refractivity contribution in [1.29, 1.82) is 0 Å². The normalized spacial score (nSPS) is 18.1. The first-order valence-corrected chi connectivity index (χ1v) is 7.53. The first-order valence-electron chi connectivity index (χ1n) is 7.53. The zero-order chi connectivity index (χ0) is 15.4. The molecular formula is C18H19N3O. The quantitative estimate of drug-likeness (QED) is 0.674. The summed E-state index contributed by atoms with van der Waals surface area (Å²) in [4.78, 5) is 8.86. The third-order valence-electron chi connectivity index (χ3n) is 4.55. The van der Waals surface area contributed by atoms with Crippen LogP contribution >= 0.6 is 0 Å². The number of aromatic nitrogens is 1. The Morgan fingerprint density at radius 1 is 1.14 bits per heavy atom. The lowest BCUT2D eigenvalue weighted by Crippen LogP contribution is -2.33. The molecular weight excluding hydrogens is 274 g/mol. The van der Waals surface area contributed by atoms with Gasteiger partial charge in [0.15, 0.2) is 5.58 Å². The highest BCUT2D eigenvalue weighted by Crippen LogP contribution is 2.39. The number of aryl methyl sites for hydroxylation is 2. The molecule has 1 atom stereocenters. The molecule has 4 rings (SSSR count). The van der Waals surface area contributed by atoms with E-state index in [9.17, 15) is 0 Å². The van der Waals surface area contributed by atoms with Crippen molar-refractivity contribution in [2.45, 2.75) is 26.9 Å². The summed E-state index contributed by atoms with van der Waals surface area (Å²) in [5.74, 6) is 0. The van der Waals surface area contributed by atoms with Crippen LogP contribution in [0.25, 0.3) is 21.9 Å². The maximum absolute atomic E-state index is 6.21. The molecule has 0 saturated carbocycles. The average molecular weight is 293 g/mol. The van der Waals surface area contributed by atoms with Gasteiger partial charge >= 0.3 is 0 Å². The van der Waals surface area contributed by atoms with Gasteiger partial charge < -0.3 is 14.2 Å². The minimum Gasteiger partial charge on any atom is -0.454 e. The molecule has 2 aromatic heterocycles. The minimum absolute atomic E-state index is 0.275. The number of hydrogen-bond donors (Lipinski definition) is 0. The highest BCUT2D eigenvalue weighted by molar-refractivity contribution is 6.09. The van der Waals surface area contributed by atoms with Crippen LogP contribution in [0.2, 0.25) is 0 Å². The van der Waals surface area contributed by atoms with E-state index >= 15 is 0 Å². The van der Waals surface area contributed by atoms with E-state index in [1.54, 1.807) is 0 Å². The number of rotatable bonds is 1. The molecule has 3 heterocycles. The molecule has 3 aromatic rings. The topological polar surface area (TPSA) is 32.5 Å². The second-order valence-electron chi connectivity index (χ2n) is 6.03. The SMILES string of the molecule is Cc1cc2oc3c(N4C=CN(C)[C@@H]4C)c(C)ccc3c2cn1. The van der Waals surface area contributed by atoms with Crippen molar-refractivity contribution in [2.24, 2.45) is 0 Å². The van der Waals surface area contributed by atoms with Crippen molar-refractivity contribution in [1.82, 2.24) is 9.88 Å². The van der Waals surface area contributed by atoms with Crippen molar-refractivity contribution in [3.8, 4) is 0 Å². The summed E-state index contributed by atoms with van der Waals surface area (Å²) in [7, 11) is 2.09. The van der Waals surface area contributed by atoms with E-state index in [1.165, 1.54) is 5.56 Å². The summed E-state index contributed by atoms with van der Waals surface area (Å²) < 4.78 is 6.21. The molecule has 112 valence electrons. The van der Waals surface area contributed by atoms with Gasteiger partial charge in [0, 0.05) is 48.2 Å². The Labute approximate surface area is 129 Å². The van der Waals surface area contributed by atoms with Gasteiger partial charge in [0.25, 0.3) is 0 Å². The molecule has 1 aromatic carbocycles. The summed E-state index contributed by atoms with van der Waals surface area (Å²) >= 11 is 0. The molecule has 0 aliphatic carbocycles. The summed E-state index contributed by atoms with van der Waals surface area (Å²) in [6, 6.07) is 6.29. The van der Waals surface area contributed by atoms with Crippen LogP contribution in [0.1, 0.15) is 18.2 Å². The zero-order valence-corrected chi connectivity index (χ0v) is 13.3. The fourth-order valence-corrected chi connectivity index (χ4v) is 3.12. The van der Waals surface area contributed by atoms with Crippen LogP contribution < -0.4 is 4.90 Å². The molecule has 4 nitrogen and oxygen atoms in total. The Hall–Kier alpha value is -2.49. The standard InChI is InChI=1S/C18H19N3O/c1-11-5-6-14-15-10-19-12(2)9-16(15)22-18(14)17(11)21-8-7-20(4)13(21)3/h5-10,13H,1-4H3/t13-/m0/s1. The van der Waals surface area contributed by atoms with Crippen molar-refractivity contribution >= 4 is 27.6 Å². The maximum atomic E-state index is 6.21. The Morgan fingerprint density at radius 3 is 2.68 bits per heavy atom. The van der Waals surface area contributed by atoms with Crippen LogP contribution in [0.15, 0.2) is 41.2 Å². The Bertz CT molecular complexity index is 909. The van der Waals surface area contributed by atoms with Crippen molar-refractivity contribution in [2.75, 3.05) is 11.9 Å².